The molecule has 0 aliphatic carbocycles. The van der Waals surface area contributed by atoms with Crippen LogP contribution < -0.4 is 5.32 Å². The smallest absolute Gasteiger partial charge is 0.410 e. The molecule has 0 saturated carbocycles. The van der Waals surface area contributed by atoms with Crippen LogP contribution >= 0.6 is 34.8 Å². The molecule has 2 amide bonds. The van der Waals surface area contributed by atoms with Crippen molar-refractivity contribution < 1.29 is 47.6 Å². The summed E-state index contributed by atoms with van der Waals surface area (Å²) >= 11 is 16.9. The van der Waals surface area contributed by atoms with E-state index in [1.54, 1.807) is 62.3 Å². The lowest BCUT2D eigenvalue weighted by atomic mass is 10.1. The van der Waals surface area contributed by atoms with E-state index in [0.717, 1.165) is 4.90 Å². The Hall–Kier alpha value is -1.73. The summed E-state index contributed by atoms with van der Waals surface area (Å²) in [5.74, 6) is -1.68. The highest BCUT2D eigenvalue weighted by Crippen LogP contribution is 2.26. The van der Waals surface area contributed by atoms with Crippen molar-refractivity contribution in [1.82, 2.24) is 10.2 Å². The summed E-state index contributed by atoms with van der Waals surface area (Å²) in [6, 6.07) is -1.56. The average molecular weight is 624 g/mol. The molecule has 12 nitrogen and oxygen atoms in total. The molecule has 39 heavy (non-hydrogen) atoms. The Morgan fingerprint density at radius 3 is 1.77 bits per heavy atom. The molecule has 0 aliphatic rings. The van der Waals surface area contributed by atoms with E-state index in [1.807, 2.05) is 0 Å². The molecule has 0 aromatic rings. The zero-order chi connectivity index (χ0) is 30.8. The summed E-state index contributed by atoms with van der Waals surface area (Å²) in [4.78, 5) is 52.3. The van der Waals surface area contributed by atoms with Gasteiger partial charge in [-0.2, -0.15) is 0 Å². The first-order valence-electron chi connectivity index (χ1n) is 12.0. The van der Waals surface area contributed by atoms with Crippen LogP contribution in [0.1, 0.15) is 62.3 Å². The fraction of sp³-hybridized carbons (Fsp3) is 0.833. The molecule has 0 saturated heterocycles. The van der Waals surface area contributed by atoms with Crippen molar-refractivity contribution in [3.05, 3.63) is 0 Å². The zero-order valence-corrected chi connectivity index (χ0v) is 26.4. The van der Waals surface area contributed by atoms with Crippen LogP contribution in [0, 0.1) is 0 Å². The second-order valence-electron chi connectivity index (χ2n) is 11.4. The molecule has 0 heterocycles. The number of nitrogens with one attached hydrogen (secondary N) is 1. The minimum Gasteiger partial charge on any atom is -0.459 e. The van der Waals surface area contributed by atoms with Crippen LogP contribution in [0.4, 0.5) is 9.59 Å². The predicted molar refractivity (Wildman–Crippen MR) is 145 cm³/mol. The van der Waals surface area contributed by atoms with Gasteiger partial charge in [-0.25, -0.2) is 14.4 Å². The van der Waals surface area contributed by atoms with Crippen LogP contribution in [0.15, 0.2) is 0 Å². The van der Waals surface area contributed by atoms with Crippen LogP contribution in [-0.2, 0) is 38.0 Å². The number of alkyl halides is 3. The quantitative estimate of drug-likeness (QED) is 0.153. The molecule has 15 heteroatoms. The summed E-state index contributed by atoms with van der Waals surface area (Å²) in [7, 11) is 1.33. The molecule has 0 radical (unpaired) electrons. The number of amides is 2. The zero-order valence-electron chi connectivity index (χ0n) is 24.1. The van der Waals surface area contributed by atoms with Gasteiger partial charge in [0, 0.05) is 7.11 Å². The Bertz CT molecular complexity index is 830. The second kappa shape index (κ2) is 15.3. The second-order valence-corrected chi connectivity index (χ2v) is 13.9. The molecule has 0 aliphatic heterocycles. The Labute approximate surface area is 245 Å². The van der Waals surface area contributed by atoms with Gasteiger partial charge in [0.25, 0.3) is 0 Å². The highest BCUT2D eigenvalue weighted by Gasteiger charge is 2.39. The van der Waals surface area contributed by atoms with Gasteiger partial charge < -0.3 is 33.7 Å². The van der Waals surface area contributed by atoms with E-state index in [0.29, 0.717) is 0 Å². The Balaban J connectivity index is 6.31. The number of methoxy groups -OCH3 is 1. The summed E-state index contributed by atoms with van der Waals surface area (Å²) < 4.78 is 29.8. The van der Waals surface area contributed by atoms with Gasteiger partial charge in [-0.15, -0.1) is 0 Å². The molecule has 0 unspecified atom stereocenters. The summed E-state index contributed by atoms with van der Waals surface area (Å²) in [5.41, 5.74) is -2.73. The molecule has 0 spiro atoms. The van der Waals surface area contributed by atoms with Gasteiger partial charge in [0.2, 0.25) is 3.79 Å². The normalized spacial score (nSPS) is 14.1. The van der Waals surface area contributed by atoms with Gasteiger partial charge >= 0.3 is 24.1 Å². The molecule has 0 rings (SSSR count). The first-order chi connectivity index (χ1) is 17.4. The SMILES string of the molecule is COCO[C@@H](CN(CC(=O)OC(C)(C)C)C(=O)OC(C)(C)C)[C@H](NC(=O)OCC(Cl)(Cl)Cl)C(=O)OC(C)(C)C. The van der Waals surface area contributed by atoms with Crippen molar-refractivity contribution >= 4 is 58.9 Å². The molecule has 228 valence electrons. The van der Waals surface area contributed by atoms with E-state index in [4.69, 9.17) is 63.2 Å². The van der Waals surface area contributed by atoms with Crippen LogP contribution in [-0.4, -0.2) is 95.4 Å². The molecule has 0 aromatic heterocycles. The third-order valence-electron chi connectivity index (χ3n) is 3.86. The fourth-order valence-corrected chi connectivity index (χ4v) is 2.84. The summed E-state index contributed by atoms with van der Waals surface area (Å²) in [6.07, 6.45) is -3.37. The molecular formula is C24H41Cl3N2O10. The number of halogens is 3. The van der Waals surface area contributed by atoms with Crippen LogP contribution in [0.2, 0.25) is 0 Å². The van der Waals surface area contributed by atoms with Crippen molar-refractivity contribution in [3.8, 4) is 0 Å². The summed E-state index contributed by atoms with van der Waals surface area (Å²) in [5, 5.41) is 2.32. The number of alkyl carbamates (subject to hydrolysis) is 1. The lowest BCUT2D eigenvalue weighted by Crippen LogP contribution is -2.57. The fourth-order valence-electron chi connectivity index (χ4n) is 2.67. The number of hydrogen-bond acceptors (Lipinski definition) is 10. The van der Waals surface area contributed by atoms with Gasteiger partial charge in [0.1, 0.15) is 42.9 Å². The molecule has 0 bridgehead atoms. The third kappa shape index (κ3) is 19.1. The van der Waals surface area contributed by atoms with Gasteiger partial charge in [-0.1, -0.05) is 34.8 Å². The average Bonchev–Trinajstić information content (AvgIpc) is 2.68. The number of esters is 2. The van der Waals surface area contributed by atoms with Crippen molar-refractivity contribution in [2.24, 2.45) is 0 Å². The minimum atomic E-state index is -1.91. The number of carbonyl (C=O) groups excluding carboxylic acids is 4. The molecule has 2 atom stereocenters. The number of rotatable bonds is 11. The highest BCUT2D eigenvalue weighted by atomic mass is 35.6. The molecular weight excluding hydrogens is 583 g/mol. The van der Waals surface area contributed by atoms with Gasteiger partial charge in [0.05, 0.1) is 6.54 Å². The lowest BCUT2D eigenvalue weighted by Gasteiger charge is -2.34. The van der Waals surface area contributed by atoms with Crippen LogP contribution in [0.3, 0.4) is 0 Å². The molecule has 1 N–H and O–H groups in total. The summed E-state index contributed by atoms with van der Waals surface area (Å²) in [6.45, 7) is 12.8. The number of nitrogens with zero attached hydrogens (tertiary/aromatic N) is 1. The third-order valence-corrected chi connectivity index (χ3v) is 4.19. The van der Waals surface area contributed by atoms with E-state index < -0.39 is 76.6 Å². The van der Waals surface area contributed by atoms with E-state index in [-0.39, 0.29) is 6.79 Å². The minimum absolute atomic E-state index is 0.358. The topological polar surface area (TPSA) is 139 Å². The highest BCUT2D eigenvalue weighted by molar-refractivity contribution is 6.67. The van der Waals surface area contributed by atoms with E-state index in [1.165, 1.54) is 7.11 Å². The van der Waals surface area contributed by atoms with Crippen molar-refractivity contribution in [2.75, 3.05) is 33.6 Å². The molecule has 0 fully saturated rings. The van der Waals surface area contributed by atoms with Crippen molar-refractivity contribution in [2.45, 2.75) is 95.1 Å². The number of hydrogen-bond donors (Lipinski definition) is 1. The number of carbonyl (C=O) groups is 4. The Morgan fingerprint density at radius 1 is 0.821 bits per heavy atom. The van der Waals surface area contributed by atoms with E-state index in [2.05, 4.69) is 5.32 Å². The standard InChI is InChI=1S/C24H41Cl3N2O10/c1-21(2,3)37-16(30)12-29(20(33)39-23(7,8)9)11-15(36-14-34-10)17(18(31)38-22(4,5)6)28-19(32)35-13-24(25,26)27/h15,17H,11-14H2,1-10H3,(H,28,32)/t15-,17-/m0/s1. The van der Waals surface area contributed by atoms with Gasteiger partial charge in [-0.05, 0) is 62.3 Å². The number of ether oxygens (including phenoxy) is 6. The maximum absolute atomic E-state index is 13.2. The Kier molecular flexibility index (Phi) is 14.6. The Morgan fingerprint density at radius 2 is 1.33 bits per heavy atom. The predicted octanol–water partition coefficient (Wildman–Crippen LogP) is 4.36. The van der Waals surface area contributed by atoms with E-state index in [9.17, 15) is 19.2 Å². The van der Waals surface area contributed by atoms with Crippen LogP contribution in [0.5, 0.6) is 0 Å². The maximum atomic E-state index is 13.2. The van der Waals surface area contributed by atoms with Gasteiger partial charge in [-0.3, -0.25) is 9.69 Å². The maximum Gasteiger partial charge on any atom is 0.410 e. The van der Waals surface area contributed by atoms with Gasteiger partial charge in [0.15, 0.2) is 6.04 Å². The van der Waals surface area contributed by atoms with Crippen molar-refractivity contribution in [3.63, 3.8) is 0 Å². The van der Waals surface area contributed by atoms with E-state index >= 15 is 0 Å². The first-order valence-corrected chi connectivity index (χ1v) is 13.1. The lowest BCUT2D eigenvalue weighted by molar-refractivity contribution is -0.166. The first kappa shape index (κ1) is 37.3. The molecule has 0 aromatic carbocycles. The largest absolute Gasteiger partial charge is 0.459 e. The van der Waals surface area contributed by atoms with Crippen LogP contribution in [0.25, 0.3) is 0 Å². The van der Waals surface area contributed by atoms with Crippen molar-refractivity contribution in [1.29, 1.82) is 0 Å². The monoisotopic (exact) mass is 622 g/mol.